The standard InChI is InChI=1S/C20H32N10.ClH/c1-16(21-23-17-8-10-19(25-27(17)2)29-12-4-5-13-29)22-24-18-9-11-20(26-28(18)3)30-14-6-7-15-30;/h8-11,23,25H,4-7,12-15H2,1-3H3,(H,21,22);1H/b24-18-;. The molecule has 1 aromatic rings. The van der Waals surface area contributed by atoms with Crippen LogP contribution in [0, 0.1) is 0 Å². The number of likely N-dealkylation sites (tertiary alicyclic amines) is 1. The highest BCUT2D eigenvalue weighted by Crippen LogP contribution is 2.15. The van der Waals surface area contributed by atoms with Crippen LogP contribution in [0.5, 0.6) is 0 Å². The van der Waals surface area contributed by atoms with E-state index < -0.39 is 0 Å². The molecule has 0 spiro atoms. The summed E-state index contributed by atoms with van der Waals surface area (Å²) in [7, 11) is 3.96. The van der Waals surface area contributed by atoms with E-state index in [-0.39, 0.29) is 12.4 Å². The van der Waals surface area contributed by atoms with Crippen molar-refractivity contribution < 1.29 is 17.4 Å². The predicted octanol–water partition coefficient (Wildman–Crippen LogP) is -3.84. The molecule has 0 radical (unpaired) electrons. The highest BCUT2D eigenvalue weighted by Gasteiger charge is 2.22. The van der Waals surface area contributed by atoms with E-state index in [0.717, 1.165) is 48.3 Å². The van der Waals surface area contributed by atoms with E-state index in [9.17, 15) is 0 Å². The number of anilines is 1. The zero-order valence-corrected chi connectivity index (χ0v) is 19.3. The fourth-order valence-electron chi connectivity index (χ4n) is 3.88. The molecule has 1 atom stereocenters. The first kappa shape index (κ1) is 23.0. The van der Waals surface area contributed by atoms with Gasteiger partial charge in [-0.3, -0.25) is 5.43 Å². The Kier molecular flexibility index (Phi) is 7.80. The van der Waals surface area contributed by atoms with Gasteiger partial charge >= 0.3 is 0 Å². The molecule has 1 aromatic heterocycles. The molecule has 11 heteroatoms. The van der Waals surface area contributed by atoms with Gasteiger partial charge in [-0.1, -0.05) is 0 Å². The average Bonchev–Trinajstić information content (AvgIpc) is 3.46. The zero-order chi connectivity index (χ0) is 20.9. The van der Waals surface area contributed by atoms with Crippen LogP contribution in [0.3, 0.4) is 0 Å². The molecule has 0 aliphatic carbocycles. The number of rotatable bonds is 5. The van der Waals surface area contributed by atoms with Crippen LogP contribution in [0.1, 0.15) is 32.6 Å². The first-order chi connectivity index (χ1) is 14.6. The van der Waals surface area contributed by atoms with Crippen LogP contribution >= 0.6 is 0 Å². The Hall–Kier alpha value is -2.72. The van der Waals surface area contributed by atoms with E-state index in [1.165, 1.54) is 31.5 Å². The SMILES string of the molecule is CC(=NNC1=CC=C(N2CCCC2)N[NH+]1C)N/N=c1/ccc(N2CCCC2)nn1C.[Cl-]. The summed E-state index contributed by atoms with van der Waals surface area (Å²) in [5, 5.41) is 14.5. The Morgan fingerprint density at radius 1 is 1.06 bits per heavy atom. The van der Waals surface area contributed by atoms with Crippen molar-refractivity contribution >= 4 is 11.7 Å². The molecule has 0 aromatic carbocycles. The highest BCUT2D eigenvalue weighted by atomic mass is 35.5. The Labute approximate surface area is 189 Å². The molecular weight excluding hydrogens is 416 g/mol. The maximum absolute atomic E-state index is 4.62. The molecule has 2 saturated heterocycles. The van der Waals surface area contributed by atoms with Gasteiger partial charge in [0.2, 0.25) is 5.82 Å². The summed E-state index contributed by atoms with van der Waals surface area (Å²) in [5.41, 5.74) is 10.3. The van der Waals surface area contributed by atoms with Crippen LogP contribution < -0.4 is 44.1 Å². The summed E-state index contributed by atoms with van der Waals surface area (Å²) < 4.78 is 1.79. The summed E-state index contributed by atoms with van der Waals surface area (Å²) in [4.78, 5) is 4.69. The first-order valence-electron chi connectivity index (χ1n) is 10.8. The average molecular weight is 449 g/mol. The lowest BCUT2D eigenvalue weighted by Crippen LogP contribution is -3.15. The smallest absolute Gasteiger partial charge is 0.244 e. The Morgan fingerprint density at radius 3 is 2.39 bits per heavy atom. The quantitative estimate of drug-likeness (QED) is 0.210. The number of hydrazone groups is 1. The van der Waals surface area contributed by atoms with Crippen molar-refractivity contribution in [3.63, 3.8) is 0 Å². The largest absolute Gasteiger partial charge is 1.00 e. The first-order valence-corrected chi connectivity index (χ1v) is 10.8. The lowest BCUT2D eigenvalue weighted by atomic mass is 10.4. The molecule has 3 aliphatic rings. The van der Waals surface area contributed by atoms with Gasteiger partial charge in [-0.15, -0.1) is 0 Å². The maximum Gasteiger partial charge on any atom is 0.244 e. The van der Waals surface area contributed by atoms with Gasteiger partial charge in [0.15, 0.2) is 11.3 Å². The van der Waals surface area contributed by atoms with Crippen molar-refractivity contribution in [1.29, 1.82) is 0 Å². The molecule has 0 bridgehead atoms. The summed E-state index contributed by atoms with van der Waals surface area (Å²) in [6, 6.07) is 4.00. The van der Waals surface area contributed by atoms with Crippen molar-refractivity contribution in [2.75, 3.05) is 38.1 Å². The van der Waals surface area contributed by atoms with E-state index >= 15 is 0 Å². The van der Waals surface area contributed by atoms with E-state index in [1.807, 2.05) is 26.1 Å². The number of aryl methyl sites for hydroxylation is 1. The van der Waals surface area contributed by atoms with Crippen molar-refractivity contribution in [1.82, 2.24) is 31.0 Å². The summed E-state index contributed by atoms with van der Waals surface area (Å²) in [6.45, 7) is 6.28. The van der Waals surface area contributed by atoms with Gasteiger partial charge in [-0.25, -0.2) is 15.5 Å². The third-order valence-electron chi connectivity index (χ3n) is 5.65. The van der Waals surface area contributed by atoms with Gasteiger partial charge in [-0.05, 0) is 50.8 Å². The van der Waals surface area contributed by atoms with Gasteiger partial charge in [0.25, 0.3) is 0 Å². The minimum absolute atomic E-state index is 0. The second-order valence-electron chi connectivity index (χ2n) is 7.98. The summed E-state index contributed by atoms with van der Waals surface area (Å²) in [6.07, 6.45) is 9.17. The van der Waals surface area contributed by atoms with Crippen LogP contribution in [0.2, 0.25) is 0 Å². The lowest BCUT2D eigenvalue weighted by molar-refractivity contribution is -0.888. The topological polar surface area (TPSA) is 89.6 Å². The van der Waals surface area contributed by atoms with Crippen LogP contribution in [0.4, 0.5) is 5.82 Å². The summed E-state index contributed by atoms with van der Waals surface area (Å²) in [5.74, 6) is 3.79. The number of nitrogens with one attached hydrogen (secondary N) is 4. The normalized spacial score (nSPS) is 22.0. The van der Waals surface area contributed by atoms with E-state index in [0.29, 0.717) is 5.84 Å². The minimum atomic E-state index is 0. The van der Waals surface area contributed by atoms with Crippen LogP contribution in [-0.2, 0) is 7.05 Å². The molecule has 1 unspecified atom stereocenters. The molecule has 170 valence electrons. The molecule has 0 amide bonds. The number of halogens is 1. The second-order valence-corrected chi connectivity index (χ2v) is 7.98. The number of nitrogens with zero attached hydrogens (tertiary/aromatic N) is 6. The predicted molar refractivity (Wildman–Crippen MR) is 117 cm³/mol. The third-order valence-corrected chi connectivity index (χ3v) is 5.65. The minimum Gasteiger partial charge on any atom is -1.00 e. The molecule has 3 aliphatic heterocycles. The molecule has 2 fully saturated rings. The molecule has 31 heavy (non-hydrogen) atoms. The highest BCUT2D eigenvalue weighted by molar-refractivity contribution is 5.78. The van der Waals surface area contributed by atoms with Crippen molar-refractivity contribution in [3.05, 3.63) is 41.4 Å². The lowest BCUT2D eigenvalue weighted by Gasteiger charge is -2.28. The van der Waals surface area contributed by atoms with Gasteiger partial charge in [-0.2, -0.15) is 20.3 Å². The number of aromatic nitrogens is 2. The maximum atomic E-state index is 4.62. The number of allylic oxidation sites excluding steroid dienone is 2. The van der Waals surface area contributed by atoms with Gasteiger partial charge in [0.05, 0.1) is 7.05 Å². The fourth-order valence-corrected chi connectivity index (χ4v) is 3.88. The third kappa shape index (κ3) is 5.71. The van der Waals surface area contributed by atoms with Crippen LogP contribution in [0.15, 0.2) is 46.1 Å². The monoisotopic (exact) mass is 448 g/mol. The van der Waals surface area contributed by atoms with Crippen LogP contribution in [0.25, 0.3) is 0 Å². The number of amidine groups is 1. The van der Waals surface area contributed by atoms with Gasteiger partial charge < -0.3 is 22.2 Å². The zero-order valence-electron chi connectivity index (χ0n) is 18.5. The van der Waals surface area contributed by atoms with Gasteiger partial charge in [0, 0.05) is 39.3 Å². The Bertz CT molecular complexity index is 907. The Balaban J connectivity index is 0.00000272. The van der Waals surface area contributed by atoms with E-state index in [1.54, 1.807) is 4.68 Å². The fraction of sp³-hybridized carbons (Fsp3) is 0.550. The molecule has 4 heterocycles. The number of quaternary nitrogens is 1. The number of hydrogen-bond donors (Lipinski definition) is 4. The van der Waals surface area contributed by atoms with Crippen molar-refractivity contribution in [2.24, 2.45) is 17.3 Å². The molecule has 4 rings (SSSR count). The molecule has 0 saturated carbocycles. The second kappa shape index (κ2) is 10.5. The van der Waals surface area contributed by atoms with Gasteiger partial charge in [0.1, 0.15) is 11.7 Å². The van der Waals surface area contributed by atoms with Crippen molar-refractivity contribution in [3.8, 4) is 0 Å². The van der Waals surface area contributed by atoms with Crippen molar-refractivity contribution in [2.45, 2.75) is 32.6 Å². The van der Waals surface area contributed by atoms with E-state index in [2.05, 4.69) is 60.6 Å². The summed E-state index contributed by atoms with van der Waals surface area (Å²) >= 11 is 0. The Morgan fingerprint density at radius 2 is 1.74 bits per heavy atom. The molecule has 10 nitrogen and oxygen atoms in total. The molecular formula is C20H33ClN10. The number of hydrogen-bond acceptors (Lipinski definition) is 7. The van der Waals surface area contributed by atoms with Crippen LogP contribution in [-0.4, -0.2) is 53.7 Å². The molecule has 4 N–H and O–H groups in total. The van der Waals surface area contributed by atoms with E-state index in [4.69, 9.17) is 0 Å².